The Labute approximate surface area is 132 Å². The van der Waals surface area contributed by atoms with E-state index in [1.54, 1.807) is 7.11 Å². The van der Waals surface area contributed by atoms with Gasteiger partial charge in [0.25, 0.3) is 0 Å². The van der Waals surface area contributed by atoms with E-state index in [2.05, 4.69) is 12.2 Å². The number of nitrogens with one attached hydrogen (secondary N) is 1. The predicted molar refractivity (Wildman–Crippen MR) is 87.5 cm³/mol. The van der Waals surface area contributed by atoms with Crippen molar-refractivity contribution in [2.24, 2.45) is 5.92 Å². The van der Waals surface area contributed by atoms with Gasteiger partial charge < -0.3 is 19.7 Å². The van der Waals surface area contributed by atoms with Crippen molar-refractivity contribution < 1.29 is 14.3 Å². The Bertz CT molecular complexity index is 499. The molecule has 0 saturated carbocycles. The van der Waals surface area contributed by atoms with Crippen LogP contribution in [-0.2, 0) is 4.74 Å². The summed E-state index contributed by atoms with van der Waals surface area (Å²) in [4.78, 5) is 14.5. The summed E-state index contributed by atoms with van der Waals surface area (Å²) in [6, 6.07) is 5.70. The molecule has 2 amide bonds. The van der Waals surface area contributed by atoms with Crippen LogP contribution in [0.4, 0.5) is 10.5 Å². The summed E-state index contributed by atoms with van der Waals surface area (Å²) in [5.41, 5.74) is 1.80. The first kappa shape index (κ1) is 16.6. The van der Waals surface area contributed by atoms with Gasteiger partial charge >= 0.3 is 6.03 Å². The molecule has 1 atom stereocenters. The van der Waals surface area contributed by atoms with Gasteiger partial charge in [0.15, 0.2) is 0 Å². The Morgan fingerprint density at radius 1 is 1.50 bits per heavy atom. The SMILES string of the molecule is CCCN(CC1CCOC1)C(=O)Nc1cc(C)ccc1OC. The lowest BCUT2D eigenvalue weighted by Gasteiger charge is -2.25. The minimum absolute atomic E-state index is 0.0716. The summed E-state index contributed by atoms with van der Waals surface area (Å²) in [5.74, 6) is 1.12. The van der Waals surface area contributed by atoms with Crippen LogP contribution in [0.5, 0.6) is 5.75 Å². The van der Waals surface area contributed by atoms with Crippen LogP contribution in [0.15, 0.2) is 18.2 Å². The standard InChI is InChI=1S/C17H26N2O3/c1-4-8-19(11-14-7-9-22-12-14)17(20)18-15-10-13(2)5-6-16(15)21-3/h5-6,10,14H,4,7-9,11-12H2,1-3H3,(H,18,20). The van der Waals surface area contributed by atoms with E-state index < -0.39 is 0 Å². The molecule has 22 heavy (non-hydrogen) atoms. The molecule has 0 aromatic heterocycles. The molecule has 2 rings (SSSR count). The Balaban J connectivity index is 2.05. The van der Waals surface area contributed by atoms with Gasteiger partial charge in [-0.15, -0.1) is 0 Å². The van der Waals surface area contributed by atoms with Crippen molar-refractivity contribution in [2.45, 2.75) is 26.7 Å². The van der Waals surface area contributed by atoms with E-state index in [1.165, 1.54) is 0 Å². The van der Waals surface area contributed by atoms with E-state index in [4.69, 9.17) is 9.47 Å². The Morgan fingerprint density at radius 3 is 2.95 bits per heavy atom. The van der Waals surface area contributed by atoms with Crippen LogP contribution in [0, 0.1) is 12.8 Å². The van der Waals surface area contributed by atoms with Crippen molar-refractivity contribution in [3.05, 3.63) is 23.8 Å². The van der Waals surface area contributed by atoms with E-state index in [-0.39, 0.29) is 6.03 Å². The van der Waals surface area contributed by atoms with E-state index in [0.717, 1.165) is 50.4 Å². The number of amides is 2. The van der Waals surface area contributed by atoms with E-state index >= 15 is 0 Å². The molecule has 1 aromatic rings. The quantitative estimate of drug-likeness (QED) is 0.877. The van der Waals surface area contributed by atoms with Gasteiger partial charge in [-0.25, -0.2) is 4.79 Å². The molecule has 1 unspecified atom stereocenters. The number of hydrogen-bond acceptors (Lipinski definition) is 3. The molecule has 122 valence electrons. The molecule has 1 heterocycles. The van der Waals surface area contributed by atoms with Crippen LogP contribution in [-0.4, -0.2) is 44.3 Å². The molecule has 1 fully saturated rings. The monoisotopic (exact) mass is 306 g/mol. The number of methoxy groups -OCH3 is 1. The molecular weight excluding hydrogens is 280 g/mol. The number of urea groups is 1. The number of hydrogen-bond donors (Lipinski definition) is 1. The zero-order chi connectivity index (χ0) is 15.9. The highest BCUT2D eigenvalue weighted by Crippen LogP contribution is 2.25. The number of nitrogens with zero attached hydrogens (tertiary/aromatic N) is 1. The third-order valence-corrected chi connectivity index (χ3v) is 3.88. The largest absolute Gasteiger partial charge is 0.495 e. The summed E-state index contributed by atoms with van der Waals surface area (Å²) >= 11 is 0. The van der Waals surface area contributed by atoms with Crippen LogP contribution in [0.1, 0.15) is 25.3 Å². The molecule has 1 aromatic carbocycles. The van der Waals surface area contributed by atoms with Gasteiger partial charge in [-0.05, 0) is 37.5 Å². The van der Waals surface area contributed by atoms with Gasteiger partial charge in [-0.3, -0.25) is 0 Å². The van der Waals surface area contributed by atoms with Crippen LogP contribution < -0.4 is 10.1 Å². The van der Waals surface area contributed by atoms with Gasteiger partial charge in [0, 0.05) is 25.6 Å². The first-order valence-corrected chi connectivity index (χ1v) is 7.92. The van der Waals surface area contributed by atoms with Crippen LogP contribution in [0.25, 0.3) is 0 Å². The predicted octanol–water partition coefficient (Wildman–Crippen LogP) is 3.28. The lowest BCUT2D eigenvalue weighted by molar-refractivity contribution is 0.169. The molecule has 5 nitrogen and oxygen atoms in total. The molecule has 1 saturated heterocycles. The van der Waals surface area contributed by atoms with Gasteiger partial charge in [-0.1, -0.05) is 13.0 Å². The smallest absolute Gasteiger partial charge is 0.321 e. The Hall–Kier alpha value is -1.75. The molecule has 5 heteroatoms. The first-order valence-electron chi connectivity index (χ1n) is 7.92. The van der Waals surface area contributed by atoms with Crippen molar-refractivity contribution in [1.29, 1.82) is 0 Å². The number of ether oxygens (including phenoxy) is 2. The normalized spacial score (nSPS) is 17.3. The topological polar surface area (TPSA) is 50.8 Å². The molecule has 0 aliphatic carbocycles. The molecule has 0 bridgehead atoms. The summed E-state index contributed by atoms with van der Waals surface area (Å²) in [6.45, 7) is 7.12. The number of anilines is 1. The molecule has 0 spiro atoms. The minimum atomic E-state index is -0.0716. The van der Waals surface area contributed by atoms with Gasteiger partial charge in [0.05, 0.1) is 19.4 Å². The van der Waals surface area contributed by atoms with Crippen molar-refractivity contribution in [3.8, 4) is 5.75 Å². The van der Waals surface area contributed by atoms with Gasteiger partial charge in [-0.2, -0.15) is 0 Å². The summed E-state index contributed by atoms with van der Waals surface area (Å²) < 4.78 is 10.7. The molecule has 1 aliphatic rings. The van der Waals surface area contributed by atoms with E-state index in [9.17, 15) is 4.79 Å². The average Bonchev–Trinajstić information content (AvgIpc) is 3.00. The Kier molecular flexibility index (Phi) is 6.07. The zero-order valence-corrected chi connectivity index (χ0v) is 13.7. The highest BCUT2D eigenvalue weighted by Gasteiger charge is 2.22. The maximum Gasteiger partial charge on any atom is 0.321 e. The number of carbonyl (C=O) groups is 1. The fourth-order valence-corrected chi connectivity index (χ4v) is 2.70. The third kappa shape index (κ3) is 4.37. The second-order valence-corrected chi connectivity index (χ2v) is 5.81. The van der Waals surface area contributed by atoms with E-state index in [0.29, 0.717) is 11.7 Å². The van der Waals surface area contributed by atoms with Crippen molar-refractivity contribution in [1.82, 2.24) is 4.90 Å². The fraction of sp³-hybridized carbons (Fsp3) is 0.588. The maximum atomic E-state index is 12.6. The molecule has 1 N–H and O–H groups in total. The molecule has 0 radical (unpaired) electrons. The zero-order valence-electron chi connectivity index (χ0n) is 13.7. The Morgan fingerprint density at radius 2 is 2.32 bits per heavy atom. The number of aryl methyl sites for hydroxylation is 1. The molecule has 1 aliphatic heterocycles. The third-order valence-electron chi connectivity index (χ3n) is 3.88. The van der Waals surface area contributed by atoms with Crippen molar-refractivity contribution in [3.63, 3.8) is 0 Å². The average molecular weight is 306 g/mol. The lowest BCUT2D eigenvalue weighted by Crippen LogP contribution is -2.39. The second-order valence-electron chi connectivity index (χ2n) is 5.81. The van der Waals surface area contributed by atoms with Gasteiger partial charge in [0.1, 0.15) is 5.75 Å². The first-order chi connectivity index (χ1) is 10.6. The lowest BCUT2D eigenvalue weighted by atomic mass is 10.1. The number of rotatable bonds is 6. The number of benzene rings is 1. The van der Waals surface area contributed by atoms with Crippen molar-refractivity contribution >= 4 is 11.7 Å². The summed E-state index contributed by atoms with van der Waals surface area (Å²) in [6.07, 6.45) is 1.97. The minimum Gasteiger partial charge on any atom is -0.495 e. The van der Waals surface area contributed by atoms with Crippen LogP contribution in [0.2, 0.25) is 0 Å². The highest BCUT2D eigenvalue weighted by molar-refractivity contribution is 5.91. The maximum absolute atomic E-state index is 12.6. The van der Waals surface area contributed by atoms with Crippen LogP contribution in [0.3, 0.4) is 0 Å². The fourth-order valence-electron chi connectivity index (χ4n) is 2.70. The van der Waals surface area contributed by atoms with E-state index in [1.807, 2.05) is 30.0 Å². The summed E-state index contributed by atoms with van der Waals surface area (Å²) in [5, 5.41) is 2.98. The molecular formula is C17H26N2O3. The van der Waals surface area contributed by atoms with Crippen LogP contribution >= 0.6 is 0 Å². The number of carbonyl (C=O) groups excluding carboxylic acids is 1. The summed E-state index contributed by atoms with van der Waals surface area (Å²) in [7, 11) is 1.61. The highest BCUT2D eigenvalue weighted by atomic mass is 16.5. The second kappa shape index (κ2) is 8.03. The van der Waals surface area contributed by atoms with Gasteiger partial charge in [0.2, 0.25) is 0 Å². The van der Waals surface area contributed by atoms with Crippen molar-refractivity contribution in [2.75, 3.05) is 38.7 Å².